The van der Waals surface area contributed by atoms with Crippen LogP contribution in [0, 0.1) is 6.92 Å². The van der Waals surface area contributed by atoms with E-state index in [1.54, 1.807) is 12.1 Å². The average Bonchev–Trinajstić information content (AvgIpc) is 3.24. The smallest absolute Gasteiger partial charge is 0.378 e. The molecule has 0 aromatic heterocycles. The van der Waals surface area contributed by atoms with Gasteiger partial charge in [0, 0.05) is 35.6 Å². The zero-order valence-electron chi connectivity index (χ0n) is 17.0. The Labute approximate surface area is 178 Å². The number of carbonyl (C=O) groups excluding carboxylic acids is 1. The van der Waals surface area contributed by atoms with E-state index in [1.165, 1.54) is 12.1 Å². The van der Waals surface area contributed by atoms with Gasteiger partial charge in [0.25, 0.3) is 5.91 Å². The van der Waals surface area contributed by atoms with Gasteiger partial charge in [0.05, 0.1) is 31.0 Å². The summed E-state index contributed by atoms with van der Waals surface area (Å²) in [4.78, 5) is 19.6. The maximum atomic E-state index is 12.9. The number of anilines is 1. The quantitative estimate of drug-likeness (QED) is 0.789. The minimum Gasteiger partial charge on any atom is -0.378 e. The van der Waals surface area contributed by atoms with Crippen molar-refractivity contribution < 1.29 is 22.7 Å². The topological polar surface area (TPSA) is 53.9 Å². The van der Waals surface area contributed by atoms with Gasteiger partial charge in [-0.1, -0.05) is 12.1 Å². The van der Waals surface area contributed by atoms with E-state index in [0.717, 1.165) is 47.8 Å². The van der Waals surface area contributed by atoms with Crippen LogP contribution in [0.2, 0.25) is 0 Å². The number of halogens is 3. The number of aryl methyl sites for hydroxylation is 1. The number of alkyl halides is 3. The third-order valence-corrected chi connectivity index (χ3v) is 5.36. The number of allylic oxidation sites excluding steroid dienone is 1. The number of amides is 1. The van der Waals surface area contributed by atoms with Gasteiger partial charge in [-0.05, 0) is 48.9 Å². The molecule has 2 heterocycles. The second-order valence-corrected chi connectivity index (χ2v) is 7.50. The number of morpholine rings is 1. The molecule has 162 valence electrons. The highest BCUT2D eigenvalue weighted by Gasteiger charge is 2.30. The molecule has 0 spiro atoms. The Morgan fingerprint density at radius 2 is 1.90 bits per heavy atom. The van der Waals surface area contributed by atoms with Gasteiger partial charge in [-0.25, -0.2) is 0 Å². The normalized spacial score (nSPS) is 16.7. The van der Waals surface area contributed by atoms with E-state index in [4.69, 9.17) is 4.74 Å². The maximum absolute atomic E-state index is 12.9. The minimum absolute atomic E-state index is 0.0923. The van der Waals surface area contributed by atoms with Gasteiger partial charge in [-0.15, -0.1) is 0 Å². The monoisotopic (exact) mass is 429 g/mol. The minimum atomic E-state index is -4.47. The van der Waals surface area contributed by atoms with Gasteiger partial charge in [-0.3, -0.25) is 9.79 Å². The first-order valence-electron chi connectivity index (χ1n) is 9.98. The summed E-state index contributed by atoms with van der Waals surface area (Å²) in [6, 6.07) is 9.80. The number of ether oxygens (including phenoxy) is 1. The summed E-state index contributed by atoms with van der Waals surface area (Å²) in [5.74, 6) is -0.475. The van der Waals surface area contributed by atoms with E-state index in [9.17, 15) is 18.0 Å². The van der Waals surface area contributed by atoms with Crippen molar-refractivity contribution in [2.24, 2.45) is 4.99 Å². The Bertz CT molecular complexity index is 1050. The van der Waals surface area contributed by atoms with Crippen molar-refractivity contribution in [2.75, 3.05) is 38.2 Å². The zero-order chi connectivity index (χ0) is 22.0. The third-order valence-electron chi connectivity index (χ3n) is 5.36. The molecule has 1 fully saturated rings. The van der Waals surface area contributed by atoms with Gasteiger partial charge < -0.3 is 15.0 Å². The van der Waals surface area contributed by atoms with Crippen LogP contribution in [0.15, 0.2) is 59.2 Å². The summed E-state index contributed by atoms with van der Waals surface area (Å²) >= 11 is 0. The Balaban J connectivity index is 1.53. The van der Waals surface area contributed by atoms with Crippen molar-refractivity contribution >= 4 is 17.3 Å². The van der Waals surface area contributed by atoms with Crippen molar-refractivity contribution in [3.8, 4) is 0 Å². The number of hydrogen-bond acceptors (Lipinski definition) is 4. The molecular formula is C23H22F3N3O2. The standard InChI is InChI=1S/C23H22F3N3O2/c1-15-5-6-16(22(30)28-18-4-2-3-17(12-18)23(24,25)26)11-20(15)21-13-19(14-27-21)29-7-9-31-10-8-29/h2-6,11-13H,7-10,14H2,1H3,(H,28,30). The third kappa shape index (κ3) is 4.80. The van der Waals surface area contributed by atoms with Crippen LogP contribution < -0.4 is 5.32 Å². The van der Waals surface area contributed by atoms with E-state index >= 15 is 0 Å². The van der Waals surface area contributed by atoms with Crippen molar-refractivity contribution in [2.45, 2.75) is 13.1 Å². The highest BCUT2D eigenvalue weighted by atomic mass is 19.4. The van der Waals surface area contributed by atoms with E-state index in [1.807, 2.05) is 19.1 Å². The molecule has 1 saturated heterocycles. The zero-order valence-corrected chi connectivity index (χ0v) is 17.0. The lowest BCUT2D eigenvalue weighted by molar-refractivity contribution is -0.137. The first-order valence-corrected chi connectivity index (χ1v) is 9.98. The molecule has 5 nitrogen and oxygen atoms in total. The molecule has 31 heavy (non-hydrogen) atoms. The number of rotatable bonds is 4. The van der Waals surface area contributed by atoms with Crippen LogP contribution in [0.1, 0.15) is 27.0 Å². The van der Waals surface area contributed by atoms with Gasteiger partial charge in [-0.2, -0.15) is 13.2 Å². The molecule has 2 aliphatic heterocycles. The lowest BCUT2D eigenvalue weighted by Crippen LogP contribution is -2.36. The summed E-state index contributed by atoms with van der Waals surface area (Å²) in [6.07, 6.45) is -2.44. The SMILES string of the molecule is Cc1ccc(C(=O)Nc2cccc(C(F)(F)F)c2)cc1C1=NCC(N2CCOCC2)=C1. The first kappa shape index (κ1) is 21.1. The maximum Gasteiger partial charge on any atom is 0.416 e. The van der Waals surface area contributed by atoms with Crippen LogP contribution in [0.5, 0.6) is 0 Å². The lowest BCUT2D eigenvalue weighted by atomic mass is 10.00. The molecule has 0 atom stereocenters. The van der Waals surface area contributed by atoms with Crippen molar-refractivity contribution in [1.82, 2.24) is 4.90 Å². The van der Waals surface area contributed by atoms with Crippen LogP contribution in [0.4, 0.5) is 18.9 Å². The van der Waals surface area contributed by atoms with Crippen LogP contribution in [-0.2, 0) is 10.9 Å². The van der Waals surface area contributed by atoms with Crippen LogP contribution in [0.25, 0.3) is 0 Å². The molecule has 0 unspecified atom stereocenters. The molecule has 2 aromatic carbocycles. The molecule has 1 N–H and O–H groups in total. The van der Waals surface area contributed by atoms with Gasteiger partial charge in [0.15, 0.2) is 0 Å². The summed E-state index contributed by atoms with van der Waals surface area (Å²) < 4.78 is 44.2. The Morgan fingerprint density at radius 1 is 1.13 bits per heavy atom. The number of nitrogens with zero attached hydrogens (tertiary/aromatic N) is 2. The Kier molecular flexibility index (Phi) is 5.82. The van der Waals surface area contributed by atoms with E-state index in [2.05, 4.69) is 15.2 Å². The lowest BCUT2D eigenvalue weighted by Gasteiger charge is -2.29. The molecule has 0 radical (unpaired) electrons. The fourth-order valence-electron chi connectivity index (χ4n) is 3.64. The number of benzene rings is 2. The van der Waals surface area contributed by atoms with Crippen LogP contribution in [0.3, 0.4) is 0 Å². The average molecular weight is 429 g/mol. The van der Waals surface area contributed by atoms with Gasteiger partial charge >= 0.3 is 6.18 Å². The van der Waals surface area contributed by atoms with E-state index in [-0.39, 0.29) is 5.69 Å². The van der Waals surface area contributed by atoms with Gasteiger partial charge in [0.1, 0.15) is 0 Å². The highest BCUT2D eigenvalue weighted by molar-refractivity contribution is 6.13. The molecule has 0 bridgehead atoms. The van der Waals surface area contributed by atoms with Crippen LogP contribution >= 0.6 is 0 Å². The molecule has 2 aliphatic rings. The fourth-order valence-corrected chi connectivity index (χ4v) is 3.64. The predicted molar refractivity (Wildman–Crippen MR) is 112 cm³/mol. The molecule has 1 amide bonds. The molecule has 0 saturated carbocycles. The van der Waals surface area contributed by atoms with Crippen molar-refractivity contribution in [3.63, 3.8) is 0 Å². The second kappa shape index (κ2) is 8.55. The Hall–Kier alpha value is -3.13. The highest BCUT2D eigenvalue weighted by Crippen LogP contribution is 2.31. The first-order chi connectivity index (χ1) is 14.8. The summed E-state index contributed by atoms with van der Waals surface area (Å²) in [7, 11) is 0. The van der Waals surface area contributed by atoms with Crippen molar-refractivity contribution in [3.05, 3.63) is 76.5 Å². The van der Waals surface area contributed by atoms with E-state index < -0.39 is 17.6 Å². The molecular weight excluding hydrogens is 407 g/mol. The summed E-state index contributed by atoms with van der Waals surface area (Å²) in [6.45, 7) is 5.55. The molecule has 2 aromatic rings. The van der Waals surface area contributed by atoms with Crippen LogP contribution in [-0.4, -0.2) is 49.4 Å². The molecule has 4 rings (SSSR count). The summed E-state index contributed by atoms with van der Waals surface area (Å²) in [5.41, 5.74) is 3.36. The fraction of sp³-hybridized carbons (Fsp3) is 0.304. The molecule has 8 heteroatoms. The summed E-state index contributed by atoms with van der Waals surface area (Å²) in [5, 5.41) is 2.55. The Morgan fingerprint density at radius 3 is 2.65 bits per heavy atom. The largest absolute Gasteiger partial charge is 0.416 e. The number of hydrogen-bond donors (Lipinski definition) is 1. The second-order valence-electron chi connectivity index (χ2n) is 7.50. The number of aliphatic imine (C=N–C) groups is 1. The van der Waals surface area contributed by atoms with Gasteiger partial charge in [0.2, 0.25) is 0 Å². The molecule has 0 aliphatic carbocycles. The number of nitrogens with one attached hydrogen (secondary N) is 1. The van der Waals surface area contributed by atoms with Crippen molar-refractivity contribution in [1.29, 1.82) is 0 Å². The van der Waals surface area contributed by atoms with E-state index in [0.29, 0.717) is 25.3 Å². The predicted octanol–water partition coefficient (Wildman–Crippen LogP) is 4.28. The number of carbonyl (C=O) groups is 1.